The van der Waals surface area contributed by atoms with Crippen LogP contribution < -0.4 is 10.6 Å². The second-order valence-electron chi connectivity index (χ2n) is 6.81. The largest absolute Gasteiger partial charge is 0.348 e. The molecule has 3 N–H and O–H groups in total. The SMILES string of the molecule is Cc1ccc(-c2cc(C(=O)NC3CC4CCC(C3)N4)[nH]n2)cc1.Cl. The van der Waals surface area contributed by atoms with E-state index in [-0.39, 0.29) is 24.4 Å². The van der Waals surface area contributed by atoms with E-state index in [0.717, 1.165) is 24.1 Å². The molecular formula is C18H23ClN4O. The minimum Gasteiger partial charge on any atom is -0.348 e. The lowest BCUT2D eigenvalue weighted by Crippen LogP contribution is -2.48. The molecule has 1 aromatic heterocycles. The summed E-state index contributed by atoms with van der Waals surface area (Å²) in [6.07, 6.45) is 4.53. The molecule has 24 heavy (non-hydrogen) atoms. The number of H-pyrrole nitrogens is 1. The van der Waals surface area contributed by atoms with Crippen molar-refractivity contribution in [1.82, 2.24) is 20.8 Å². The quantitative estimate of drug-likeness (QED) is 0.800. The first-order valence-corrected chi connectivity index (χ1v) is 8.37. The number of fused-ring (bicyclic) bond motifs is 2. The summed E-state index contributed by atoms with van der Waals surface area (Å²) >= 11 is 0. The zero-order valence-corrected chi connectivity index (χ0v) is 14.5. The lowest BCUT2D eigenvalue weighted by Gasteiger charge is -2.29. The Bertz CT molecular complexity index is 700. The summed E-state index contributed by atoms with van der Waals surface area (Å²) in [4.78, 5) is 12.4. The van der Waals surface area contributed by atoms with Crippen molar-refractivity contribution >= 4 is 18.3 Å². The van der Waals surface area contributed by atoms with E-state index in [0.29, 0.717) is 17.8 Å². The average Bonchev–Trinajstić information content (AvgIpc) is 3.15. The van der Waals surface area contributed by atoms with Gasteiger partial charge in [0.25, 0.3) is 5.91 Å². The predicted octanol–water partition coefficient (Wildman–Crippen LogP) is 2.82. The summed E-state index contributed by atoms with van der Waals surface area (Å²) in [6.45, 7) is 2.05. The van der Waals surface area contributed by atoms with Crippen molar-refractivity contribution in [2.45, 2.75) is 50.7 Å². The Morgan fingerprint density at radius 2 is 1.83 bits per heavy atom. The van der Waals surface area contributed by atoms with E-state index in [4.69, 9.17) is 0 Å². The summed E-state index contributed by atoms with van der Waals surface area (Å²) in [5, 5.41) is 13.9. The molecule has 0 aliphatic carbocycles. The molecule has 2 atom stereocenters. The Balaban J connectivity index is 0.00000169. The van der Waals surface area contributed by atoms with E-state index in [1.165, 1.54) is 18.4 Å². The van der Waals surface area contributed by atoms with Gasteiger partial charge in [-0.2, -0.15) is 5.10 Å². The first-order valence-electron chi connectivity index (χ1n) is 8.37. The first-order chi connectivity index (χ1) is 11.2. The monoisotopic (exact) mass is 346 g/mol. The van der Waals surface area contributed by atoms with E-state index in [1.807, 2.05) is 18.2 Å². The summed E-state index contributed by atoms with van der Waals surface area (Å²) in [5.74, 6) is -0.0536. The minimum absolute atomic E-state index is 0. The fourth-order valence-electron chi connectivity index (χ4n) is 3.75. The number of aryl methyl sites for hydroxylation is 1. The second-order valence-corrected chi connectivity index (χ2v) is 6.81. The molecule has 2 aromatic rings. The van der Waals surface area contributed by atoms with Gasteiger partial charge in [-0.15, -0.1) is 12.4 Å². The molecule has 6 heteroatoms. The predicted molar refractivity (Wildman–Crippen MR) is 96.4 cm³/mol. The molecule has 5 nitrogen and oxygen atoms in total. The zero-order valence-electron chi connectivity index (χ0n) is 13.7. The van der Waals surface area contributed by atoms with Crippen LogP contribution in [0.25, 0.3) is 11.3 Å². The fourth-order valence-corrected chi connectivity index (χ4v) is 3.75. The Morgan fingerprint density at radius 3 is 2.50 bits per heavy atom. The molecule has 0 spiro atoms. The number of aromatic nitrogens is 2. The number of aromatic amines is 1. The Morgan fingerprint density at radius 1 is 1.17 bits per heavy atom. The zero-order chi connectivity index (χ0) is 15.8. The van der Waals surface area contributed by atoms with Crippen molar-refractivity contribution in [2.75, 3.05) is 0 Å². The normalized spacial score (nSPS) is 25.1. The number of carbonyl (C=O) groups excluding carboxylic acids is 1. The van der Waals surface area contributed by atoms with Crippen molar-refractivity contribution in [2.24, 2.45) is 0 Å². The van der Waals surface area contributed by atoms with Gasteiger partial charge in [0.1, 0.15) is 5.69 Å². The summed E-state index contributed by atoms with van der Waals surface area (Å²) in [6, 6.07) is 11.4. The van der Waals surface area contributed by atoms with E-state index in [1.54, 1.807) is 0 Å². The van der Waals surface area contributed by atoms with Gasteiger partial charge >= 0.3 is 0 Å². The van der Waals surface area contributed by atoms with E-state index in [2.05, 4.69) is 39.9 Å². The highest BCUT2D eigenvalue weighted by Gasteiger charge is 2.34. The number of hydrogen-bond acceptors (Lipinski definition) is 3. The lowest BCUT2D eigenvalue weighted by molar-refractivity contribution is 0.0919. The van der Waals surface area contributed by atoms with Crippen LogP contribution >= 0.6 is 12.4 Å². The molecule has 2 aliphatic heterocycles. The third-order valence-electron chi connectivity index (χ3n) is 4.98. The highest BCUT2D eigenvalue weighted by atomic mass is 35.5. The number of amides is 1. The van der Waals surface area contributed by atoms with Crippen molar-refractivity contribution in [3.05, 3.63) is 41.6 Å². The van der Waals surface area contributed by atoms with Gasteiger partial charge in [0, 0.05) is 23.7 Å². The number of nitrogens with one attached hydrogen (secondary N) is 3. The van der Waals surface area contributed by atoms with Crippen LogP contribution in [0.5, 0.6) is 0 Å². The first kappa shape index (κ1) is 17.0. The van der Waals surface area contributed by atoms with Gasteiger partial charge in [-0.25, -0.2) is 0 Å². The van der Waals surface area contributed by atoms with E-state index >= 15 is 0 Å². The molecule has 3 heterocycles. The maximum absolute atomic E-state index is 12.4. The molecular weight excluding hydrogens is 324 g/mol. The third kappa shape index (κ3) is 3.47. The number of piperidine rings is 1. The fraction of sp³-hybridized carbons (Fsp3) is 0.444. The highest BCUT2D eigenvalue weighted by molar-refractivity contribution is 5.93. The van der Waals surface area contributed by atoms with Crippen molar-refractivity contribution < 1.29 is 4.79 Å². The van der Waals surface area contributed by atoms with Gasteiger partial charge in [-0.3, -0.25) is 9.89 Å². The van der Waals surface area contributed by atoms with Crippen LogP contribution in [0.3, 0.4) is 0 Å². The van der Waals surface area contributed by atoms with Crippen LogP contribution in [0.2, 0.25) is 0 Å². The maximum Gasteiger partial charge on any atom is 0.269 e. The van der Waals surface area contributed by atoms with Crippen LogP contribution in [0.15, 0.2) is 30.3 Å². The number of benzene rings is 1. The molecule has 1 aromatic carbocycles. The van der Waals surface area contributed by atoms with Gasteiger partial charge in [0.2, 0.25) is 0 Å². The van der Waals surface area contributed by atoms with Gasteiger partial charge in [-0.05, 0) is 38.7 Å². The Hall–Kier alpha value is -1.85. The molecule has 2 saturated heterocycles. The number of carbonyl (C=O) groups is 1. The number of nitrogens with zero attached hydrogens (tertiary/aromatic N) is 1. The van der Waals surface area contributed by atoms with Gasteiger partial charge in [0.15, 0.2) is 0 Å². The summed E-state index contributed by atoms with van der Waals surface area (Å²) < 4.78 is 0. The minimum atomic E-state index is -0.0536. The number of rotatable bonds is 3. The average molecular weight is 347 g/mol. The highest BCUT2D eigenvalue weighted by Crippen LogP contribution is 2.27. The Labute approximate surface area is 148 Å². The standard InChI is InChI=1S/C18H22N4O.ClH/c1-11-2-4-12(5-3-11)16-10-17(22-21-16)18(23)20-15-8-13-6-7-14(9-15)19-13;/h2-5,10,13-15,19H,6-9H2,1H3,(H,20,23)(H,21,22);1H. The van der Waals surface area contributed by atoms with Gasteiger partial charge in [-0.1, -0.05) is 29.8 Å². The summed E-state index contributed by atoms with van der Waals surface area (Å²) in [7, 11) is 0. The molecule has 128 valence electrons. The molecule has 4 rings (SSSR count). The summed E-state index contributed by atoms with van der Waals surface area (Å²) in [5.41, 5.74) is 3.57. The van der Waals surface area contributed by atoms with Crippen LogP contribution in [0, 0.1) is 6.92 Å². The lowest BCUT2D eigenvalue weighted by atomic mass is 10.00. The molecule has 2 unspecified atom stereocenters. The van der Waals surface area contributed by atoms with E-state index < -0.39 is 0 Å². The van der Waals surface area contributed by atoms with E-state index in [9.17, 15) is 4.79 Å². The maximum atomic E-state index is 12.4. The Kier molecular flexibility index (Phi) is 4.92. The van der Waals surface area contributed by atoms with Gasteiger partial charge in [0.05, 0.1) is 5.69 Å². The van der Waals surface area contributed by atoms with Crippen LogP contribution in [0.4, 0.5) is 0 Å². The third-order valence-corrected chi connectivity index (χ3v) is 4.98. The van der Waals surface area contributed by atoms with Crippen LogP contribution in [-0.4, -0.2) is 34.2 Å². The second kappa shape index (κ2) is 6.95. The molecule has 2 bridgehead atoms. The van der Waals surface area contributed by atoms with Crippen LogP contribution in [-0.2, 0) is 0 Å². The molecule has 0 radical (unpaired) electrons. The molecule has 2 fully saturated rings. The molecule has 1 amide bonds. The van der Waals surface area contributed by atoms with Crippen molar-refractivity contribution in [3.63, 3.8) is 0 Å². The van der Waals surface area contributed by atoms with Gasteiger partial charge < -0.3 is 10.6 Å². The van der Waals surface area contributed by atoms with Crippen molar-refractivity contribution in [3.8, 4) is 11.3 Å². The smallest absolute Gasteiger partial charge is 0.269 e. The number of halogens is 1. The molecule has 0 saturated carbocycles. The van der Waals surface area contributed by atoms with Crippen LogP contribution in [0.1, 0.15) is 41.7 Å². The number of hydrogen-bond donors (Lipinski definition) is 3. The topological polar surface area (TPSA) is 69.8 Å². The van der Waals surface area contributed by atoms with Crippen molar-refractivity contribution in [1.29, 1.82) is 0 Å². The molecule has 2 aliphatic rings.